The molecule has 0 bridgehead atoms. The number of carbonyl (C=O) groups is 2. The largest absolute Gasteiger partial charge is 0.478 e. The predicted octanol–water partition coefficient (Wildman–Crippen LogP) is 2.69. The molecule has 0 radical (unpaired) electrons. The Bertz CT molecular complexity index is 706. The van der Waals surface area contributed by atoms with Crippen LogP contribution >= 0.6 is 0 Å². The SMILES string of the molecule is CN(C(=O)C1Cc2ccccc21)c1ccc(C(=O)O)cc1. The lowest BCUT2D eigenvalue weighted by atomic mass is 9.77. The Morgan fingerprint density at radius 3 is 2.38 bits per heavy atom. The van der Waals surface area contributed by atoms with Gasteiger partial charge in [-0.3, -0.25) is 4.79 Å². The molecule has 0 aliphatic heterocycles. The third-order valence-corrected chi connectivity index (χ3v) is 3.98. The van der Waals surface area contributed by atoms with Gasteiger partial charge < -0.3 is 10.0 Å². The minimum Gasteiger partial charge on any atom is -0.478 e. The van der Waals surface area contributed by atoms with E-state index >= 15 is 0 Å². The Labute approximate surface area is 122 Å². The maximum absolute atomic E-state index is 12.5. The zero-order chi connectivity index (χ0) is 15.0. The molecule has 0 heterocycles. The van der Waals surface area contributed by atoms with Crippen LogP contribution < -0.4 is 4.90 Å². The number of hydrogen-bond donors (Lipinski definition) is 1. The van der Waals surface area contributed by atoms with E-state index in [0.29, 0.717) is 5.69 Å². The average molecular weight is 281 g/mol. The van der Waals surface area contributed by atoms with Crippen LogP contribution in [0.5, 0.6) is 0 Å². The molecule has 21 heavy (non-hydrogen) atoms. The number of benzene rings is 2. The topological polar surface area (TPSA) is 57.6 Å². The van der Waals surface area contributed by atoms with Crippen molar-refractivity contribution in [2.45, 2.75) is 12.3 Å². The van der Waals surface area contributed by atoms with Gasteiger partial charge in [-0.15, -0.1) is 0 Å². The van der Waals surface area contributed by atoms with Crippen molar-refractivity contribution in [1.82, 2.24) is 0 Å². The van der Waals surface area contributed by atoms with Gasteiger partial charge in [0.25, 0.3) is 0 Å². The van der Waals surface area contributed by atoms with E-state index in [-0.39, 0.29) is 17.4 Å². The molecule has 1 atom stereocenters. The van der Waals surface area contributed by atoms with Gasteiger partial charge in [-0.25, -0.2) is 4.79 Å². The van der Waals surface area contributed by atoms with Crippen molar-refractivity contribution in [2.24, 2.45) is 0 Å². The highest BCUT2D eigenvalue weighted by Crippen LogP contribution is 2.36. The van der Waals surface area contributed by atoms with Crippen LogP contribution in [0.2, 0.25) is 0 Å². The number of amides is 1. The van der Waals surface area contributed by atoms with Gasteiger partial charge in [0.05, 0.1) is 11.5 Å². The minimum absolute atomic E-state index is 0.0387. The summed E-state index contributed by atoms with van der Waals surface area (Å²) in [6, 6.07) is 14.3. The van der Waals surface area contributed by atoms with Gasteiger partial charge in [-0.1, -0.05) is 24.3 Å². The molecule has 1 unspecified atom stereocenters. The molecule has 0 saturated carbocycles. The van der Waals surface area contributed by atoms with E-state index in [4.69, 9.17) is 5.11 Å². The first-order valence-corrected chi connectivity index (χ1v) is 6.76. The van der Waals surface area contributed by atoms with Crippen molar-refractivity contribution in [1.29, 1.82) is 0 Å². The highest BCUT2D eigenvalue weighted by atomic mass is 16.4. The van der Waals surface area contributed by atoms with Crippen LogP contribution in [0.3, 0.4) is 0 Å². The number of anilines is 1. The number of fused-ring (bicyclic) bond motifs is 1. The lowest BCUT2D eigenvalue weighted by molar-refractivity contribution is -0.120. The Hall–Kier alpha value is -2.62. The summed E-state index contributed by atoms with van der Waals surface area (Å²) in [5.41, 5.74) is 3.24. The third kappa shape index (κ3) is 2.29. The Kier molecular flexibility index (Phi) is 3.22. The number of aromatic carboxylic acids is 1. The fourth-order valence-electron chi connectivity index (χ4n) is 2.67. The second-order valence-electron chi connectivity index (χ2n) is 5.20. The van der Waals surface area contributed by atoms with Gasteiger partial charge in [0.15, 0.2) is 0 Å². The summed E-state index contributed by atoms with van der Waals surface area (Å²) in [5, 5.41) is 8.89. The maximum atomic E-state index is 12.5. The molecule has 0 spiro atoms. The summed E-state index contributed by atoms with van der Waals surface area (Å²) in [7, 11) is 1.72. The molecular weight excluding hydrogens is 266 g/mol. The van der Waals surface area contributed by atoms with Crippen molar-refractivity contribution in [3.63, 3.8) is 0 Å². The van der Waals surface area contributed by atoms with Gasteiger partial charge in [0.2, 0.25) is 5.91 Å². The molecule has 1 aliphatic rings. The van der Waals surface area contributed by atoms with Crippen molar-refractivity contribution < 1.29 is 14.7 Å². The number of carbonyl (C=O) groups excluding carboxylic acids is 1. The van der Waals surface area contributed by atoms with Gasteiger partial charge in [0, 0.05) is 12.7 Å². The van der Waals surface area contributed by atoms with Crippen LogP contribution in [-0.4, -0.2) is 24.0 Å². The van der Waals surface area contributed by atoms with Crippen molar-refractivity contribution in [3.05, 3.63) is 65.2 Å². The van der Waals surface area contributed by atoms with Crippen LogP contribution in [0.25, 0.3) is 0 Å². The van der Waals surface area contributed by atoms with Crippen LogP contribution in [-0.2, 0) is 11.2 Å². The fraction of sp³-hybridized carbons (Fsp3) is 0.176. The first-order valence-electron chi connectivity index (χ1n) is 6.76. The van der Waals surface area contributed by atoms with Crippen LogP contribution in [0.4, 0.5) is 5.69 Å². The van der Waals surface area contributed by atoms with Gasteiger partial charge in [0.1, 0.15) is 0 Å². The second-order valence-corrected chi connectivity index (χ2v) is 5.20. The smallest absolute Gasteiger partial charge is 0.335 e. The molecule has 1 N–H and O–H groups in total. The van der Waals surface area contributed by atoms with Crippen LogP contribution in [0.15, 0.2) is 48.5 Å². The molecular formula is C17H15NO3. The second kappa shape index (κ2) is 5.05. The van der Waals surface area contributed by atoms with Gasteiger partial charge in [-0.05, 0) is 41.8 Å². The van der Waals surface area contributed by atoms with E-state index in [9.17, 15) is 9.59 Å². The molecule has 2 aromatic rings. The molecule has 0 saturated heterocycles. The quantitative estimate of drug-likeness (QED) is 0.941. The van der Waals surface area contributed by atoms with Gasteiger partial charge >= 0.3 is 5.97 Å². The third-order valence-electron chi connectivity index (χ3n) is 3.98. The molecule has 0 fully saturated rings. The van der Waals surface area contributed by atoms with E-state index in [1.807, 2.05) is 24.3 Å². The van der Waals surface area contributed by atoms with Crippen molar-refractivity contribution in [2.75, 3.05) is 11.9 Å². The summed E-state index contributed by atoms with van der Waals surface area (Å²) < 4.78 is 0. The first kappa shape index (κ1) is 13.4. The predicted molar refractivity (Wildman–Crippen MR) is 79.7 cm³/mol. The number of hydrogen-bond acceptors (Lipinski definition) is 2. The summed E-state index contributed by atoms with van der Waals surface area (Å²) in [6.07, 6.45) is 0.770. The van der Waals surface area contributed by atoms with E-state index in [0.717, 1.165) is 12.0 Å². The van der Waals surface area contributed by atoms with Crippen molar-refractivity contribution in [3.8, 4) is 0 Å². The summed E-state index contributed by atoms with van der Waals surface area (Å²) in [4.78, 5) is 24.9. The molecule has 2 aromatic carbocycles. The molecule has 4 heteroatoms. The summed E-state index contributed by atoms with van der Waals surface area (Å²) in [6.45, 7) is 0. The molecule has 1 amide bonds. The molecule has 0 aromatic heterocycles. The van der Waals surface area contributed by atoms with E-state index in [1.54, 1.807) is 24.1 Å². The lowest BCUT2D eigenvalue weighted by Crippen LogP contribution is -2.37. The van der Waals surface area contributed by atoms with E-state index < -0.39 is 5.97 Å². The number of carboxylic acids is 1. The fourth-order valence-corrected chi connectivity index (χ4v) is 2.67. The lowest BCUT2D eigenvalue weighted by Gasteiger charge is -2.32. The summed E-state index contributed by atoms with van der Waals surface area (Å²) in [5.74, 6) is -1.02. The minimum atomic E-state index is -0.969. The zero-order valence-corrected chi connectivity index (χ0v) is 11.6. The summed E-state index contributed by atoms with van der Waals surface area (Å²) >= 11 is 0. The monoisotopic (exact) mass is 281 g/mol. The Morgan fingerprint density at radius 2 is 1.76 bits per heavy atom. The number of rotatable bonds is 3. The normalized spacial score (nSPS) is 15.8. The van der Waals surface area contributed by atoms with Crippen molar-refractivity contribution >= 4 is 17.6 Å². The molecule has 106 valence electrons. The Balaban J connectivity index is 1.78. The molecule has 1 aliphatic carbocycles. The standard InChI is InChI=1S/C17H15NO3/c1-18(13-8-6-11(7-9-13)17(20)21)16(19)15-10-12-4-2-3-5-14(12)15/h2-9,15H,10H2,1H3,(H,20,21). The van der Waals surface area contributed by atoms with Crippen LogP contribution in [0.1, 0.15) is 27.4 Å². The number of likely N-dealkylation sites (N-methyl/N-ethyl adjacent to an activating group) is 1. The highest BCUT2D eigenvalue weighted by Gasteiger charge is 2.33. The van der Waals surface area contributed by atoms with Crippen LogP contribution in [0, 0.1) is 0 Å². The number of nitrogens with zero attached hydrogens (tertiary/aromatic N) is 1. The van der Waals surface area contributed by atoms with E-state index in [2.05, 4.69) is 0 Å². The molecule has 3 rings (SSSR count). The first-order chi connectivity index (χ1) is 10.1. The average Bonchev–Trinajstić information content (AvgIpc) is 2.47. The Morgan fingerprint density at radius 1 is 1.10 bits per heavy atom. The zero-order valence-electron chi connectivity index (χ0n) is 11.6. The highest BCUT2D eigenvalue weighted by molar-refractivity contribution is 5.99. The molecule has 4 nitrogen and oxygen atoms in total. The van der Waals surface area contributed by atoms with Gasteiger partial charge in [-0.2, -0.15) is 0 Å². The maximum Gasteiger partial charge on any atom is 0.335 e. The number of carboxylic acid groups (broad SMARTS) is 1. The van der Waals surface area contributed by atoms with E-state index in [1.165, 1.54) is 17.7 Å².